The van der Waals surface area contributed by atoms with Crippen LogP contribution in [0.1, 0.15) is 6.42 Å². The van der Waals surface area contributed by atoms with Gasteiger partial charge < -0.3 is 10.0 Å². The van der Waals surface area contributed by atoms with E-state index in [0.717, 1.165) is 13.1 Å². The average molecular weight is 127 g/mol. The lowest BCUT2D eigenvalue weighted by molar-refractivity contribution is -0.101. The molecule has 2 aliphatic heterocycles. The van der Waals surface area contributed by atoms with Crippen LogP contribution in [0.5, 0.6) is 0 Å². The van der Waals surface area contributed by atoms with Gasteiger partial charge in [-0.2, -0.15) is 0 Å². The molecule has 0 aromatic heterocycles. The highest BCUT2D eigenvalue weighted by Gasteiger charge is 2.44. The standard InChI is InChI=1S/C7H13NO/c1-8-3-5-2-6(4-8)7(5)9/h5-7,9H,2-4H2,1H3/t5-,6+,7?. The minimum atomic E-state index is 0.0428. The van der Waals surface area contributed by atoms with E-state index in [1.165, 1.54) is 6.42 Å². The molecule has 0 radical (unpaired) electrons. The van der Waals surface area contributed by atoms with Crippen molar-refractivity contribution in [1.29, 1.82) is 0 Å². The number of piperidine rings is 2. The van der Waals surface area contributed by atoms with E-state index < -0.39 is 0 Å². The van der Waals surface area contributed by atoms with Gasteiger partial charge in [0.2, 0.25) is 0 Å². The first kappa shape index (κ1) is 5.69. The number of aliphatic hydroxyl groups is 1. The Kier molecular flexibility index (Phi) is 1.08. The Morgan fingerprint density at radius 2 is 1.89 bits per heavy atom. The number of hydrogen-bond donors (Lipinski definition) is 1. The average Bonchev–Trinajstić information content (AvgIpc) is 1.87. The van der Waals surface area contributed by atoms with Gasteiger partial charge in [0.1, 0.15) is 0 Å². The SMILES string of the molecule is CN1C[C@H]2C[C@@H](C1)C2O. The molecule has 0 aromatic rings. The first-order chi connectivity index (χ1) is 4.27. The first-order valence-electron chi connectivity index (χ1n) is 3.64. The molecule has 2 bridgehead atoms. The molecule has 2 heteroatoms. The zero-order valence-corrected chi connectivity index (χ0v) is 5.75. The van der Waals surface area contributed by atoms with Crippen molar-refractivity contribution in [3.63, 3.8) is 0 Å². The van der Waals surface area contributed by atoms with Crippen LogP contribution in [0.4, 0.5) is 0 Å². The second-order valence-corrected chi connectivity index (χ2v) is 3.47. The highest BCUT2D eigenvalue weighted by atomic mass is 16.3. The summed E-state index contributed by atoms with van der Waals surface area (Å²) in [6.07, 6.45) is 1.31. The van der Waals surface area contributed by atoms with Gasteiger partial charge in [0.05, 0.1) is 6.10 Å². The molecule has 3 rings (SSSR count). The smallest absolute Gasteiger partial charge is 0.0621 e. The summed E-state index contributed by atoms with van der Waals surface area (Å²) >= 11 is 0. The zero-order chi connectivity index (χ0) is 6.43. The van der Waals surface area contributed by atoms with Crippen LogP contribution >= 0.6 is 0 Å². The number of rotatable bonds is 0. The third-order valence-corrected chi connectivity index (χ3v) is 2.66. The van der Waals surface area contributed by atoms with Gasteiger partial charge in [0, 0.05) is 13.1 Å². The molecule has 0 amide bonds. The summed E-state index contributed by atoms with van der Waals surface area (Å²) in [5.74, 6) is 1.21. The predicted molar refractivity (Wildman–Crippen MR) is 35.1 cm³/mol. The molecule has 9 heavy (non-hydrogen) atoms. The van der Waals surface area contributed by atoms with E-state index >= 15 is 0 Å². The quantitative estimate of drug-likeness (QED) is 0.492. The van der Waals surface area contributed by atoms with Crippen molar-refractivity contribution < 1.29 is 5.11 Å². The summed E-state index contributed by atoms with van der Waals surface area (Å²) < 4.78 is 0. The molecule has 0 aromatic carbocycles. The molecule has 1 unspecified atom stereocenters. The van der Waals surface area contributed by atoms with Crippen molar-refractivity contribution in [3.8, 4) is 0 Å². The summed E-state index contributed by atoms with van der Waals surface area (Å²) in [6, 6.07) is 0. The van der Waals surface area contributed by atoms with Crippen molar-refractivity contribution in [2.45, 2.75) is 12.5 Å². The summed E-state index contributed by atoms with van der Waals surface area (Å²) in [4.78, 5) is 2.31. The van der Waals surface area contributed by atoms with Gasteiger partial charge in [-0.05, 0) is 25.3 Å². The van der Waals surface area contributed by atoms with Crippen molar-refractivity contribution >= 4 is 0 Å². The van der Waals surface area contributed by atoms with Gasteiger partial charge in [-0.3, -0.25) is 0 Å². The number of fused-ring (bicyclic) bond motifs is 2. The van der Waals surface area contributed by atoms with Crippen molar-refractivity contribution in [2.24, 2.45) is 11.8 Å². The summed E-state index contributed by atoms with van der Waals surface area (Å²) in [5.41, 5.74) is 0. The van der Waals surface area contributed by atoms with E-state index in [0.29, 0.717) is 11.8 Å². The summed E-state index contributed by atoms with van der Waals surface area (Å²) in [6.45, 7) is 2.22. The van der Waals surface area contributed by atoms with E-state index in [2.05, 4.69) is 11.9 Å². The molecule has 1 aliphatic carbocycles. The van der Waals surface area contributed by atoms with Crippen LogP contribution in [-0.2, 0) is 0 Å². The molecule has 3 aliphatic rings. The van der Waals surface area contributed by atoms with E-state index in [1.54, 1.807) is 0 Å². The molecule has 2 heterocycles. The normalized spacial score (nSPS) is 50.7. The Morgan fingerprint density at radius 3 is 2.22 bits per heavy atom. The second kappa shape index (κ2) is 1.70. The van der Waals surface area contributed by atoms with Crippen LogP contribution in [0.2, 0.25) is 0 Å². The second-order valence-electron chi connectivity index (χ2n) is 3.47. The molecular weight excluding hydrogens is 114 g/mol. The molecular formula is C7H13NO. The van der Waals surface area contributed by atoms with Gasteiger partial charge in [0.15, 0.2) is 0 Å². The van der Waals surface area contributed by atoms with Crippen LogP contribution < -0.4 is 0 Å². The van der Waals surface area contributed by atoms with Gasteiger partial charge in [-0.15, -0.1) is 0 Å². The van der Waals surface area contributed by atoms with Gasteiger partial charge >= 0.3 is 0 Å². The van der Waals surface area contributed by atoms with E-state index in [4.69, 9.17) is 0 Å². The molecule has 1 N–H and O–H groups in total. The monoisotopic (exact) mass is 127 g/mol. The van der Waals surface area contributed by atoms with Gasteiger partial charge in [-0.1, -0.05) is 0 Å². The Morgan fingerprint density at radius 1 is 1.33 bits per heavy atom. The zero-order valence-electron chi connectivity index (χ0n) is 5.75. The molecule has 1 saturated carbocycles. The van der Waals surface area contributed by atoms with Crippen LogP contribution in [0.3, 0.4) is 0 Å². The first-order valence-corrected chi connectivity index (χ1v) is 3.64. The highest BCUT2D eigenvalue weighted by Crippen LogP contribution is 2.38. The van der Waals surface area contributed by atoms with Gasteiger partial charge in [-0.25, -0.2) is 0 Å². The lowest BCUT2D eigenvalue weighted by Gasteiger charge is -2.50. The maximum atomic E-state index is 9.32. The fourth-order valence-electron chi connectivity index (χ4n) is 2.10. The number of aliphatic hydroxyl groups excluding tert-OH is 1. The number of hydrogen-bond acceptors (Lipinski definition) is 2. The molecule has 0 spiro atoms. The van der Waals surface area contributed by atoms with E-state index in [-0.39, 0.29) is 6.10 Å². The highest BCUT2D eigenvalue weighted by molar-refractivity contribution is 4.96. The van der Waals surface area contributed by atoms with E-state index in [1.807, 2.05) is 0 Å². The Bertz CT molecular complexity index is 114. The predicted octanol–water partition coefficient (Wildman–Crippen LogP) is -0.0712. The van der Waals surface area contributed by atoms with Crippen molar-refractivity contribution in [1.82, 2.24) is 4.90 Å². The third kappa shape index (κ3) is 0.700. The molecule has 2 nitrogen and oxygen atoms in total. The maximum Gasteiger partial charge on any atom is 0.0621 e. The van der Waals surface area contributed by atoms with Crippen LogP contribution in [0.25, 0.3) is 0 Å². The molecule has 3 atom stereocenters. The largest absolute Gasteiger partial charge is 0.392 e. The summed E-state index contributed by atoms with van der Waals surface area (Å²) in [5, 5.41) is 9.32. The topological polar surface area (TPSA) is 23.5 Å². The lowest BCUT2D eigenvalue weighted by Crippen LogP contribution is -2.57. The molecule has 52 valence electrons. The van der Waals surface area contributed by atoms with Gasteiger partial charge in [0.25, 0.3) is 0 Å². The van der Waals surface area contributed by atoms with Crippen LogP contribution in [-0.4, -0.2) is 36.2 Å². The van der Waals surface area contributed by atoms with Crippen molar-refractivity contribution in [3.05, 3.63) is 0 Å². The fourth-order valence-corrected chi connectivity index (χ4v) is 2.10. The Labute approximate surface area is 55.5 Å². The minimum absolute atomic E-state index is 0.0428. The lowest BCUT2D eigenvalue weighted by atomic mass is 9.68. The molecule has 3 fully saturated rings. The van der Waals surface area contributed by atoms with Crippen LogP contribution in [0.15, 0.2) is 0 Å². The third-order valence-electron chi connectivity index (χ3n) is 2.66. The Hall–Kier alpha value is -0.0800. The van der Waals surface area contributed by atoms with Crippen LogP contribution in [0, 0.1) is 11.8 Å². The summed E-state index contributed by atoms with van der Waals surface area (Å²) in [7, 11) is 2.13. The number of nitrogens with zero attached hydrogens (tertiary/aromatic N) is 1. The fraction of sp³-hybridized carbons (Fsp3) is 1.00. The Balaban J connectivity index is 2.01. The minimum Gasteiger partial charge on any atom is -0.392 e. The molecule has 2 saturated heterocycles. The van der Waals surface area contributed by atoms with Crippen molar-refractivity contribution in [2.75, 3.05) is 20.1 Å². The van der Waals surface area contributed by atoms with E-state index in [9.17, 15) is 5.11 Å². The maximum absolute atomic E-state index is 9.32.